The van der Waals surface area contributed by atoms with Crippen LogP contribution < -0.4 is 0 Å². The maximum absolute atomic E-state index is 9.35. The van der Waals surface area contributed by atoms with E-state index >= 15 is 0 Å². The van der Waals surface area contributed by atoms with Gasteiger partial charge in [-0.25, -0.2) is 0 Å². The van der Waals surface area contributed by atoms with E-state index in [-0.39, 0.29) is 6.10 Å². The van der Waals surface area contributed by atoms with Crippen LogP contribution in [0.25, 0.3) is 9.75 Å². The summed E-state index contributed by atoms with van der Waals surface area (Å²) >= 11 is 3.39. The maximum atomic E-state index is 9.35. The summed E-state index contributed by atoms with van der Waals surface area (Å²) in [5.74, 6) is 0. The monoisotopic (exact) mass is 210 g/mol. The van der Waals surface area contributed by atoms with E-state index in [1.165, 1.54) is 9.75 Å². The summed E-state index contributed by atoms with van der Waals surface area (Å²) in [6.45, 7) is 1.80. The number of rotatable bonds is 2. The lowest BCUT2D eigenvalue weighted by atomic mass is 10.3. The van der Waals surface area contributed by atoms with Gasteiger partial charge < -0.3 is 5.11 Å². The molecule has 0 saturated heterocycles. The Morgan fingerprint density at radius 1 is 1.23 bits per heavy atom. The highest BCUT2D eigenvalue weighted by Crippen LogP contribution is 2.33. The third kappa shape index (κ3) is 1.82. The van der Waals surface area contributed by atoms with Crippen LogP contribution in [-0.4, -0.2) is 5.11 Å². The average Bonchev–Trinajstić information content (AvgIpc) is 2.75. The van der Waals surface area contributed by atoms with Gasteiger partial charge in [0.05, 0.1) is 6.10 Å². The molecule has 0 radical (unpaired) electrons. The smallest absolute Gasteiger partial charge is 0.0854 e. The molecule has 2 rings (SSSR count). The van der Waals surface area contributed by atoms with Gasteiger partial charge in [0.1, 0.15) is 0 Å². The van der Waals surface area contributed by atoms with Crippen molar-refractivity contribution < 1.29 is 5.11 Å². The minimum atomic E-state index is -0.348. The molecular formula is C10H10OS2. The second-order valence-electron chi connectivity index (χ2n) is 2.86. The summed E-state index contributed by atoms with van der Waals surface area (Å²) in [7, 11) is 0. The molecule has 0 aliphatic heterocycles. The van der Waals surface area contributed by atoms with E-state index in [2.05, 4.69) is 17.5 Å². The number of aliphatic hydroxyl groups excluding tert-OH is 1. The fourth-order valence-corrected chi connectivity index (χ4v) is 2.91. The summed E-state index contributed by atoms with van der Waals surface area (Å²) < 4.78 is 0. The Bertz CT molecular complexity index is 373. The Kier molecular flexibility index (Phi) is 2.49. The molecule has 0 amide bonds. The number of hydrogen-bond acceptors (Lipinski definition) is 3. The first-order valence-corrected chi connectivity index (χ1v) is 5.78. The Balaban J connectivity index is 2.33. The van der Waals surface area contributed by atoms with E-state index < -0.39 is 0 Å². The van der Waals surface area contributed by atoms with Crippen LogP contribution in [0.2, 0.25) is 0 Å². The maximum Gasteiger partial charge on any atom is 0.0854 e. The fraction of sp³-hybridized carbons (Fsp3) is 0.200. The highest BCUT2D eigenvalue weighted by molar-refractivity contribution is 7.21. The summed E-state index contributed by atoms with van der Waals surface area (Å²) in [5.41, 5.74) is 0. The van der Waals surface area contributed by atoms with Crippen molar-refractivity contribution in [3.63, 3.8) is 0 Å². The third-order valence-electron chi connectivity index (χ3n) is 1.80. The molecule has 0 aliphatic rings. The molecule has 0 fully saturated rings. The Hall–Kier alpha value is -0.640. The van der Waals surface area contributed by atoms with Crippen molar-refractivity contribution in [1.82, 2.24) is 0 Å². The molecule has 2 heterocycles. The van der Waals surface area contributed by atoms with E-state index in [4.69, 9.17) is 0 Å². The van der Waals surface area contributed by atoms with Gasteiger partial charge in [-0.05, 0) is 30.5 Å². The lowest BCUT2D eigenvalue weighted by molar-refractivity contribution is 0.203. The van der Waals surface area contributed by atoms with Crippen LogP contribution in [0, 0.1) is 0 Å². The van der Waals surface area contributed by atoms with Gasteiger partial charge >= 0.3 is 0 Å². The Morgan fingerprint density at radius 3 is 2.62 bits per heavy atom. The molecule has 0 aromatic carbocycles. The molecule has 1 unspecified atom stereocenters. The minimum Gasteiger partial charge on any atom is -0.388 e. The van der Waals surface area contributed by atoms with Crippen LogP contribution in [0.4, 0.5) is 0 Å². The van der Waals surface area contributed by atoms with Gasteiger partial charge in [0.25, 0.3) is 0 Å². The van der Waals surface area contributed by atoms with Crippen LogP contribution in [0.15, 0.2) is 29.6 Å². The van der Waals surface area contributed by atoms with Gasteiger partial charge in [-0.1, -0.05) is 6.07 Å². The third-order valence-corrected chi connectivity index (χ3v) is 4.12. The molecule has 3 heteroatoms. The largest absolute Gasteiger partial charge is 0.388 e. The Morgan fingerprint density at radius 2 is 2.08 bits per heavy atom. The van der Waals surface area contributed by atoms with E-state index in [0.717, 1.165) is 4.88 Å². The fourth-order valence-electron chi connectivity index (χ4n) is 1.13. The summed E-state index contributed by atoms with van der Waals surface area (Å²) in [6, 6.07) is 8.20. The highest BCUT2D eigenvalue weighted by atomic mass is 32.1. The van der Waals surface area contributed by atoms with Gasteiger partial charge in [-0.2, -0.15) is 0 Å². The van der Waals surface area contributed by atoms with Gasteiger partial charge in [-0.15, -0.1) is 22.7 Å². The first-order chi connectivity index (χ1) is 6.27. The van der Waals surface area contributed by atoms with Crippen molar-refractivity contribution in [2.24, 2.45) is 0 Å². The molecule has 0 saturated carbocycles. The number of aliphatic hydroxyl groups is 1. The van der Waals surface area contributed by atoms with Crippen molar-refractivity contribution in [3.05, 3.63) is 34.5 Å². The molecule has 0 bridgehead atoms. The van der Waals surface area contributed by atoms with Crippen molar-refractivity contribution in [2.75, 3.05) is 0 Å². The molecule has 0 aliphatic carbocycles. The number of hydrogen-bond donors (Lipinski definition) is 1. The first kappa shape index (κ1) is 8.94. The molecule has 1 nitrogen and oxygen atoms in total. The van der Waals surface area contributed by atoms with Crippen LogP contribution in [0.1, 0.15) is 17.9 Å². The zero-order valence-electron chi connectivity index (χ0n) is 7.23. The Labute approximate surface area is 85.3 Å². The molecule has 0 spiro atoms. The zero-order chi connectivity index (χ0) is 9.26. The molecule has 1 atom stereocenters. The number of thiophene rings is 2. The molecule has 1 N–H and O–H groups in total. The second kappa shape index (κ2) is 3.62. The van der Waals surface area contributed by atoms with E-state index in [0.29, 0.717) is 0 Å². The predicted molar refractivity (Wildman–Crippen MR) is 58.3 cm³/mol. The van der Waals surface area contributed by atoms with E-state index in [9.17, 15) is 5.11 Å². The normalized spacial score (nSPS) is 13.1. The van der Waals surface area contributed by atoms with E-state index in [1.54, 1.807) is 29.6 Å². The standard InChI is InChI=1S/C10H10OS2/c1-7(11)8-4-5-10(13-8)9-3-2-6-12-9/h2-7,11H,1H3. The quantitative estimate of drug-likeness (QED) is 0.804. The van der Waals surface area contributed by atoms with Gasteiger partial charge in [-0.3, -0.25) is 0 Å². The molecule has 2 aromatic rings. The molecule has 68 valence electrons. The van der Waals surface area contributed by atoms with E-state index in [1.807, 2.05) is 12.1 Å². The van der Waals surface area contributed by atoms with Crippen molar-refractivity contribution >= 4 is 22.7 Å². The second-order valence-corrected chi connectivity index (χ2v) is 4.92. The SMILES string of the molecule is CC(O)c1ccc(-c2cccs2)s1. The van der Waals surface area contributed by atoms with Crippen LogP contribution >= 0.6 is 22.7 Å². The van der Waals surface area contributed by atoms with Gasteiger partial charge in [0.2, 0.25) is 0 Å². The summed E-state index contributed by atoms with van der Waals surface area (Å²) in [4.78, 5) is 3.55. The minimum absolute atomic E-state index is 0.348. The first-order valence-electron chi connectivity index (χ1n) is 4.09. The molecule has 2 aromatic heterocycles. The van der Waals surface area contributed by atoms with Crippen molar-refractivity contribution in [3.8, 4) is 9.75 Å². The lowest BCUT2D eigenvalue weighted by Crippen LogP contribution is -1.83. The zero-order valence-corrected chi connectivity index (χ0v) is 8.86. The van der Waals surface area contributed by atoms with Crippen LogP contribution in [-0.2, 0) is 0 Å². The topological polar surface area (TPSA) is 20.2 Å². The van der Waals surface area contributed by atoms with Gasteiger partial charge in [0, 0.05) is 14.6 Å². The van der Waals surface area contributed by atoms with Crippen LogP contribution in [0.3, 0.4) is 0 Å². The van der Waals surface area contributed by atoms with Crippen molar-refractivity contribution in [2.45, 2.75) is 13.0 Å². The van der Waals surface area contributed by atoms with Crippen molar-refractivity contribution in [1.29, 1.82) is 0 Å². The average molecular weight is 210 g/mol. The predicted octanol–water partition coefficient (Wildman–Crippen LogP) is 3.53. The van der Waals surface area contributed by atoms with Gasteiger partial charge in [0.15, 0.2) is 0 Å². The molecular weight excluding hydrogens is 200 g/mol. The lowest BCUT2D eigenvalue weighted by Gasteiger charge is -1.96. The summed E-state index contributed by atoms with van der Waals surface area (Å²) in [5, 5.41) is 11.4. The highest BCUT2D eigenvalue weighted by Gasteiger charge is 2.06. The summed E-state index contributed by atoms with van der Waals surface area (Å²) in [6.07, 6.45) is -0.348. The van der Waals surface area contributed by atoms with Crippen LogP contribution in [0.5, 0.6) is 0 Å². The molecule has 13 heavy (non-hydrogen) atoms.